The maximum absolute atomic E-state index is 11.8. The van der Waals surface area contributed by atoms with Crippen LogP contribution in [0.1, 0.15) is 48.0 Å². The van der Waals surface area contributed by atoms with Gasteiger partial charge in [0.05, 0.1) is 6.54 Å². The first kappa shape index (κ1) is 22.1. The zero-order chi connectivity index (χ0) is 18.3. The summed E-state index contributed by atoms with van der Waals surface area (Å²) in [6, 6.07) is -1.02. The first-order chi connectivity index (χ1) is 10.3. The van der Waals surface area contributed by atoms with E-state index in [4.69, 9.17) is 4.74 Å². The Balaban J connectivity index is 4.76. The topological polar surface area (TPSA) is 88.0 Å². The first-order valence-corrected chi connectivity index (χ1v) is 9.54. The second kappa shape index (κ2) is 9.42. The molecule has 0 radical (unpaired) electrons. The number of carboxylic acid groups (broad SMARTS) is 1. The minimum atomic E-state index is -1.09. The van der Waals surface area contributed by atoms with Gasteiger partial charge in [-0.3, -0.25) is 4.99 Å². The van der Waals surface area contributed by atoms with E-state index in [1.165, 1.54) is 0 Å². The molecule has 0 aliphatic heterocycles. The SMILES string of the molecule is C=NCC(C[C@H](NC(=O)OC(C)(C)C)C(=O)O)SSC(C)(C)C. The summed E-state index contributed by atoms with van der Waals surface area (Å²) in [6.07, 6.45) is -0.481. The molecular weight excluding hydrogens is 336 g/mol. The number of carbonyl (C=O) groups excluding carboxylic acids is 1. The molecule has 0 aliphatic carbocycles. The molecule has 0 heterocycles. The number of nitrogens with one attached hydrogen (secondary N) is 1. The predicted octanol–water partition coefficient (Wildman–Crippen LogP) is 3.60. The van der Waals surface area contributed by atoms with Crippen LogP contribution >= 0.6 is 21.6 Å². The van der Waals surface area contributed by atoms with E-state index in [9.17, 15) is 14.7 Å². The molecule has 0 rings (SSSR count). The molecule has 1 amide bonds. The van der Waals surface area contributed by atoms with Crippen LogP contribution in [0.2, 0.25) is 0 Å². The Hall–Kier alpha value is -0.890. The van der Waals surface area contributed by atoms with Gasteiger partial charge in [-0.25, -0.2) is 9.59 Å². The van der Waals surface area contributed by atoms with E-state index in [-0.39, 0.29) is 16.4 Å². The van der Waals surface area contributed by atoms with E-state index < -0.39 is 23.7 Å². The normalized spacial score (nSPS) is 14.7. The molecule has 0 fully saturated rings. The van der Waals surface area contributed by atoms with E-state index >= 15 is 0 Å². The maximum atomic E-state index is 11.8. The van der Waals surface area contributed by atoms with Gasteiger partial charge in [0.25, 0.3) is 0 Å². The fourth-order valence-electron chi connectivity index (χ4n) is 1.43. The van der Waals surface area contributed by atoms with Crippen molar-refractivity contribution in [2.75, 3.05) is 6.54 Å². The van der Waals surface area contributed by atoms with Crippen LogP contribution < -0.4 is 5.32 Å². The van der Waals surface area contributed by atoms with Crippen molar-refractivity contribution in [2.45, 2.75) is 69.6 Å². The number of hydrogen-bond donors (Lipinski definition) is 2. The van der Waals surface area contributed by atoms with E-state index in [0.717, 1.165) is 0 Å². The molecule has 1 unspecified atom stereocenters. The van der Waals surface area contributed by atoms with Gasteiger partial charge in [-0.05, 0) is 33.9 Å². The van der Waals surface area contributed by atoms with Gasteiger partial charge in [0.15, 0.2) is 0 Å². The lowest BCUT2D eigenvalue weighted by molar-refractivity contribution is -0.139. The van der Waals surface area contributed by atoms with Crippen molar-refractivity contribution in [3.63, 3.8) is 0 Å². The highest BCUT2D eigenvalue weighted by atomic mass is 33.1. The monoisotopic (exact) mass is 364 g/mol. The summed E-state index contributed by atoms with van der Waals surface area (Å²) in [5.41, 5.74) is -0.675. The number of carbonyl (C=O) groups is 2. The lowest BCUT2D eigenvalue weighted by atomic mass is 10.1. The number of carboxylic acids is 1. The first-order valence-electron chi connectivity index (χ1n) is 7.33. The minimum Gasteiger partial charge on any atom is -0.480 e. The molecule has 23 heavy (non-hydrogen) atoms. The molecule has 0 bridgehead atoms. The third-order valence-corrected chi connectivity index (χ3v) is 6.07. The Kier molecular flexibility index (Phi) is 9.05. The van der Waals surface area contributed by atoms with Crippen LogP contribution in [0.3, 0.4) is 0 Å². The fraction of sp³-hybridized carbons (Fsp3) is 0.800. The zero-order valence-corrected chi connectivity index (χ0v) is 16.3. The zero-order valence-electron chi connectivity index (χ0n) is 14.7. The van der Waals surface area contributed by atoms with Gasteiger partial charge in [0, 0.05) is 10.00 Å². The summed E-state index contributed by atoms with van der Waals surface area (Å²) in [4.78, 5) is 27.1. The van der Waals surface area contributed by atoms with Crippen molar-refractivity contribution in [3.05, 3.63) is 0 Å². The average Bonchev–Trinajstić information content (AvgIpc) is 2.31. The van der Waals surface area contributed by atoms with Crippen molar-refractivity contribution < 1.29 is 19.4 Å². The van der Waals surface area contributed by atoms with Crippen molar-refractivity contribution in [2.24, 2.45) is 4.99 Å². The van der Waals surface area contributed by atoms with Crippen molar-refractivity contribution in [3.8, 4) is 0 Å². The van der Waals surface area contributed by atoms with E-state index in [1.54, 1.807) is 42.4 Å². The average molecular weight is 365 g/mol. The molecule has 0 aliphatic rings. The highest BCUT2D eigenvalue weighted by Gasteiger charge is 2.28. The molecule has 2 atom stereocenters. The summed E-state index contributed by atoms with van der Waals surface area (Å²) in [5.74, 6) is -1.09. The molecular formula is C15H28N2O4S2. The molecule has 0 saturated heterocycles. The quantitative estimate of drug-likeness (QED) is 0.505. The standard InChI is InChI=1S/C15H28N2O4S2/c1-14(2,3)21-13(20)17-11(12(18)19)8-10(9-16-7)22-23-15(4,5)6/h10-11H,7-9H2,1-6H3,(H,17,20)(H,18,19)/t10?,11-/m0/s1. The van der Waals surface area contributed by atoms with Gasteiger partial charge < -0.3 is 15.2 Å². The van der Waals surface area contributed by atoms with Gasteiger partial charge in [0.2, 0.25) is 0 Å². The van der Waals surface area contributed by atoms with E-state index in [1.807, 2.05) is 0 Å². The lowest BCUT2D eigenvalue weighted by Crippen LogP contribution is -2.45. The summed E-state index contributed by atoms with van der Waals surface area (Å²) in [6.45, 7) is 15.3. The van der Waals surface area contributed by atoms with Gasteiger partial charge in [-0.2, -0.15) is 0 Å². The fourth-order valence-corrected chi connectivity index (χ4v) is 3.99. The summed E-state index contributed by atoms with van der Waals surface area (Å²) in [7, 11) is 3.22. The van der Waals surface area contributed by atoms with Crippen LogP contribution in [-0.4, -0.2) is 52.1 Å². The Labute approximate surface area is 146 Å². The van der Waals surface area contributed by atoms with Crippen LogP contribution in [0.25, 0.3) is 0 Å². The highest BCUT2D eigenvalue weighted by Crippen LogP contribution is 2.39. The number of amides is 1. The third kappa shape index (κ3) is 12.2. The molecule has 134 valence electrons. The van der Waals surface area contributed by atoms with Gasteiger partial charge in [-0.1, -0.05) is 42.4 Å². The third-order valence-electron chi connectivity index (χ3n) is 2.25. The molecule has 0 aromatic heterocycles. The van der Waals surface area contributed by atoms with E-state index in [2.05, 4.69) is 37.8 Å². The summed E-state index contributed by atoms with van der Waals surface area (Å²) in [5, 5.41) is 11.7. The Morgan fingerprint density at radius 2 is 1.83 bits per heavy atom. The van der Waals surface area contributed by atoms with Crippen LogP contribution in [0.15, 0.2) is 4.99 Å². The molecule has 0 aromatic rings. The molecule has 2 N–H and O–H groups in total. The number of aliphatic carboxylic acids is 1. The summed E-state index contributed by atoms with van der Waals surface area (Å²) >= 11 is 0. The second-order valence-electron chi connectivity index (χ2n) is 7.09. The summed E-state index contributed by atoms with van der Waals surface area (Å²) < 4.78 is 5.16. The molecule has 6 nitrogen and oxygen atoms in total. The Morgan fingerprint density at radius 3 is 2.22 bits per heavy atom. The van der Waals surface area contributed by atoms with Gasteiger partial charge in [-0.15, -0.1) is 0 Å². The van der Waals surface area contributed by atoms with Crippen LogP contribution in [-0.2, 0) is 9.53 Å². The smallest absolute Gasteiger partial charge is 0.408 e. The largest absolute Gasteiger partial charge is 0.480 e. The highest BCUT2D eigenvalue weighted by molar-refractivity contribution is 8.77. The molecule has 0 aromatic carbocycles. The Morgan fingerprint density at radius 1 is 1.26 bits per heavy atom. The number of aliphatic imine (C=N–C) groups is 1. The minimum absolute atomic E-state index is 0.0431. The maximum Gasteiger partial charge on any atom is 0.408 e. The predicted molar refractivity (Wildman–Crippen MR) is 98.5 cm³/mol. The van der Waals surface area contributed by atoms with Crippen molar-refractivity contribution in [1.82, 2.24) is 5.32 Å². The van der Waals surface area contributed by atoms with Gasteiger partial charge >= 0.3 is 12.1 Å². The Bertz CT molecular complexity index is 417. The van der Waals surface area contributed by atoms with Crippen molar-refractivity contribution in [1.29, 1.82) is 0 Å². The number of ether oxygens (including phenoxy) is 1. The van der Waals surface area contributed by atoms with Gasteiger partial charge in [0.1, 0.15) is 11.6 Å². The number of alkyl carbamates (subject to hydrolysis) is 1. The van der Waals surface area contributed by atoms with Crippen LogP contribution in [0.5, 0.6) is 0 Å². The van der Waals surface area contributed by atoms with Crippen molar-refractivity contribution >= 4 is 40.4 Å². The molecule has 8 heteroatoms. The second-order valence-corrected chi connectivity index (χ2v) is 10.4. The number of hydrogen-bond acceptors (Lipinski definition) is 6. The molecule has 0 saturated carbocycles. The number of nitrogens with zero attached hydrogens (tertiary/aromatic N) is 1. The van der Waals surface area contributed by atoms with E-state index in [0.29, 0.717) is 6.54 Å². The van der Waals surface area contributed by atoms with Crippen LogP contribution in [0, 0.1) is 0 Å². The molecule has 0 spiro atoms. The lowest BCUT2D eigenvalue weighted by Gasteiger charge is -2.25. The number of rotatable bonds is 8. The van der Waals surface area contributed by atoms with Crippen LogP contribution in [0.4, 0.5) is 4.79 Å².